The largest absolute Gasteiger partial charge is 0.462 e. The van der Waals surface area contributed by atoms with Gasteiger partial charge in [-0.05, 0) is 67.6 Å². The SMILES string of the molecule is CC(=O)O[C@H]1CC[C@@]2(C)C(=CC[C@H]3C4CC[C@H](C)C4=CCC32)C1. The Hall–Kier alpha value is -1.05. The van der Waals surface area contributed by atoms with Crippen molar-refractivity contribution in [1.82, 2.24) is 0 Å². The number of esters is 1. The van der Waals surface area contributed by atoms with Crippen molar-refractivity contribution >= 4 is 5.97 Å². The van der Waals surface area contributed by atoms with Gasteiger partial charge in [0.1, 0.15) is 6.10 Å². The number of hydrogen-bond donors (Lipinski definition) is 0. The molecule has 0 radical (unpaired) electrons. The summed E-state index contributed by atoms with van der Waals surface area (Å²) in [6, 6.07) is 0. The first kappa shape index (κ1) is 15.5. The molecule has 2 fully saturated rings. The maximum atomic E-state index is 11.3. The topological polar surface area (TPSA) is 26.3 Å². The molecule has 0 aromatic rings. The molecule has 4 aliphatic rings. The van der Waals surface area contributed by atoms with Gasteiger partial charge in [-0.15, -0.1) is 0 Å². The fraction of sp³-hybridized carbons (Fsp3) is 0.762. The van der Waals surface area contributed by atoms with Crippen molar-refractivity contribution in [3.8, 4) is 0 Å². The van der Waals surface area contributed by atoms with Gasteiger partial charge in [0.2, 0.25) is 0 Å². The van der Waals surface area contributed by atoms with Crippen LogP contribution in [0.5, 0.6) is 0 Å². The molecule has 4 rings (SSSR count). The first-order chi connectivity index (χ1) is 11.0. The lowest BCUT2D eigenvalue weighted by Crippen LogP contribution is -2.45. The van der Waals surface area contributed by atoms with Crippen molar-refractivity contribution < 1.29 is 9.53 Å². The van der Waals surface area contributed by atoms with Gasteiger partial charge in [0, 0.05) is 13.3 Å². The molecular formula is C21H30O2. The minimum Gasteiger partial charge on any atom is -0.462 e. The molecule has 2 heteroatoms. The molecule has 23 heavy (non-hydrogen) atoms. The van der Waals surface area contributed by atoms with E-state index in [1.165, 1.54) is 39.0 Å². The normalized spacial score (nSPS) is 45.3. The number of hydrogen-bond acceptors (Lipinski definition) is 2. The summed E-state index contributed by atoms with van der Waals surface area (Å²) in [7, 11) is 0. The van der Waals surface area contributed by atoms with Gasteiger partial charge < -0.3 is 4.74 Å². The second kappa shape index (κ2) is 5.50. The molecule has 0 aromatic heterocycles. The second-order valence-electron chi connectivity index (χ2n) is 8.65. The molecule has 126 valence electrons. The Kier molecular flexibility index (Phi) is 3.70. The smallest absolute Gasteiger partial charge is 0.302 e. The van der Waals surface area contributed by atoms with Crippen molar-refractivity contribution in [1.29, 1.82) is 0 Å². The van der Waals surface area contributed by atoms with Gasteiger partial charge in [-0.3, -0.25) is 4.79 Å². The maximum Gasteiger partial charge on any atom is 0.302 e. The molecule has 0 aliphatic heterocycles. The highest BCUT2D eigenvalue weighted by atomic mass is 16.5. The Morgan fingerprint density at radius 2 is 2.04 bits per heavy atom. The lowest BCUT2D eigenvalue weighted by atomic mass is 9.52. The number of carbonyl (C=O) groups is 1. The van der Waals surface area contributed by atoms with Gasteiger partial charge >= 0.3 is 5.97 Å². The average molecular weight is 314 g/mol. The molecule has 0 heterocycles. The molecule has 0 saturated heterocycles. The summed E-state index contributed by atoms with van der Waals surface area (Å²) < 4.78 is 5.51. The third-order valence-corrected chi connectivity index (χ3v) is 7.50. The predicted molar refractivity (Wildman–Crippen MR) is 91.8 cm³/mol. The second-order valence-corrected chi connectivity index (χ2v) is 8.65. The van der Waals surface area contributed by atoms with Gasteiger partial charge in [-0.2, -0.15) is 0 Å². The van der Waals surface area contributed by atoms with Crippen molar-refractivity contribution in [3.05, 3.63) is 23.3 Å². The van der Waals surface area contributed by atoms with E-state index in [9.17, 15) is 4.79 Å². The molecule has 2 nitrogen and oxygen atoms in total. The number of rotatable bonds is 1. The lowest BCUT2D eigenvalue weighted by molar-refractivity contribution is -0.148. The van der Waals surface area contributed by atoms with Crippen molar-refractivity contribution in [2.45, 2.75) is 71.8 Å². The summed E-state index contributed by atoms with van der Waals surface area (Å²) >= 11 is 0. The van der Waals surface area contributed by atoms with Crippen LogP contribution in [0.1, 0.15) is 65.7 Å². The van der Waals surface area contributed by atoms with Crippen molar-refractivity contribution in [2.75, 3.05) is 0 Å². The van der Waals surface area contributed by atoms with Crippen LogP contribution in [0.4, 0.5) is 0 Å². The fourth-order valence-corrected chi connectivity index (χ4v) is 6.28. The zero-order valence-corrected chi connectivity index (χ0v) is 14.8. The monoisotopic (exact) mass is 314 g/mol. The van der Waals surface area contributed by atoms with Gasteiger partial charge in [-0.25, -0.2) is 0 Å². The fourth-order valence-electron chi connectivity index (χ4n) is 6.28. The molecule has 0 aromatic carbocycles. The lowest BCUT2D eigenvalue weighted by Gasteiger charge is -2.53. The first-order valence-corrected chi connectivity index (χ1v) is 9.55. The molecule has 0 bridgehead atoms. The average Bonchev–Trinajstić information content (AvgIpc) is 2.89. The summed E-state index contributed by atoms with van der Waals surface area (Å²) in [5, 5.41) is 0. The zero-order chi connectivity index (χ0) is 16.2. The van der Waals surface area contributed by atoms with Crippen LogP contribution in [0.25, 0.3) is 0 Å². The van der Waals surface area contributed by atoms with Gasteiger partial charge in [-0.1, -0.05) is 37.1 Å². The number of allylic oxidation sites excluding steroid dienone is 3. The minimum atomic E-state index is -0.127. The molecule has 0 amide bonds. The number of carbonyl (C=O) groups excluding carboxylic acids is 1. The molecule has 0 spiro atoms. The van der Waals surface area contributed by atoms with Crippen LogP contribution in [0.3, 0.4) is 0 Å². The van der Waals surface area contributed by atoms with Gasteiger partial charge in [0.15, 0.2) is 0 Å². The molecule has 4 aliphatic carbocycles. The Bertz CT molecular complexity index is 572. The Balaban J connectivity index is 1.58. The van der Waals surface area contributed by atoms with E-state index in [0.29, 0.717) is 5.41 Å². The maximum absolute atomic E-state index is 11.3. The van der Waals surface area contributed by atoms with E-state index in [-0.39, 0.29) is 12.1 Å². The summed E-state index contributed by atoms with van der Waals surface area (Å²) in [5.74, 6) is 3.21. The van der Waals surface area contributed by atoms with Crippen LogP contribution in [0, 0.1) is 29.1 Å². The quantitative estimate of drug-likeness (QED) is 0.500. The molecular weight excluding hydrogens is 284 g/mol. The molecule has 6 atom stereocenters. The van der Waals surface area contributed by atoms with Crippen LogP contribution in [0.2, 0.25) is 0 Å². The molecule has 0 N–H and O–H groups in total. The molecule has 2 unspecified atom stereocenters. The van der Waals surface area contributed by atoms with Crippen LogP contribution < -0.4 is 0 Å². The number of ether oxygens (including phenoxy) is 1. The summed E-state index contributed by atoms with van der Waals surface area (Å²) in [5.41, 5.74) is 3.70. The van der Waals surface area contributed by atoms with E-state index in [1.807, 2.05) is 0 Å². The van der Waals surface area contributed by atoms with Gasteiger partial charge in [0.25, 0.3) is 0 Å². The molecule has 2 saturated carbocycles. The Morgan fingerprint density at radius 3 is 2.83 bits per heavy atom. The van der Waals surface area contributed by atoms with E-state index in [1.54, 1.807) is 11.1 Å². The standard InChI is InChI=1S/C21H30O2/c1-13-4-6-18-17(13)8-9-20-19(18)7-5-15-12-16(23-14(2)22)10-11-21(15,20)3/h5,8,13,16,18-20H,4,6-7,9-12H2,1-3H3/t13-,16-,18?,19-,20?,21-/m0/s1. The Morgan fingerprint density at radius 1 is 1.22 bits per heavy atom. The highest BCUT2D eigenvalue weighted by Gasteiger charge is 2.51. The zero-order valence-electron chi connectivity index (χ0n) is 14.8. The third kappa shape index (κ3) is 2.40. The predicted octanol–water partition coefficient (Wildman–Crippen LogP) is 5.05. The van der Waals surface area contributed by atoms with Crippen LogP contribution in [-0.4, -0.2) is 12.1 Å². The van der Waals surface area contributed by atoms with Crippen LogP contribution >= 0.6 is 0 Å². The van der Waals surface area contributed by atoms with E-state index in [0.717, 1.165) is 36.5 Å². The van der Waals surface area contributed by atoms with E-state index in [4.69, 9.17) is 4.74 Å². The Labute approximate surface area is 140 Å². The van der Waals surface area contributed by atoms with E-state index >= 15 is 0 Å². The van der Waals surface area contributed by atoms with Crippen molar-refractivity contribution in [3.63, 3.8) is 0 Å². The van der Waals surface area contributed by atoms with Crippen LogP contribution in [-0.2, 0) is 9.53 Å². The van der Waals surface area contributed by atoms with Crippen molar-refractivity contribution in [2.24, 2.45) is 29.1 Å². The first-order valence-electron chi connectivity index (χ1n) is 9.55. The van der Waals surface area contributed by atoms with E-state index < -0.39 is 0 Å². The van der Waals surface area contributed by atoms with Gasteiger partial charge in [0.05, 0.1) is 0 Å². The minimum absolute atomic E-state index is 0.115. The highest BCUT2D eigenvalue weighted by molar-refractivity contribution is 5.66. The van der Waals surface area contributed by atoms with E-state index in [2.05, 4.69) is 26.0 Å². The van der Waals surface area contributed by atoms with Crippen LogP contribution in [0.15, 0.2) is 23.3 Å². The third-order valence-electron chi connectivity index (χ3n) is 7.50. The summed E-state index contributed by atoms with van der Waals surface area (Å²) in [6.07, 6.45) is 13.8. The highest BCUT2D eigenvalue weighted by Crippen LogP contribution is 2.60. The summed E-state index contributed by atoms with van der Waals surface area (Å²) in [4.78, 5) is 11.3. The summed E-state index contributed by atoms with van der Waals surface area (Å²) in [6.45, 7) is 6.45. The number of fused-ring (bicyclic) bond motifs is 5.